The molecule has 4 nitrogen and oxygen atoms in total. The smallest absolute Gasteiger partial charge is 0.415 e. The topological polar surface area (TPSA) is 38.8 Å². The van der Waals surface area contributed by atoms with E-state index in [0.717, 1.165) is 0 Å². The lowest BCUT2D eigenvalue weighted by atomic mass is 10.3. The van der Waals surface area contributed by atoms with E-state index < -0.39 is 6.09 Å². The molecule has 1 aromatic rings. The molecular weight excluding hydrogens is 277 g/mol. The molecule has 0 saturated heterocycles. The molecule has 100 valence electrons. The van der Waals surface area contributed by atoms with Crippen LogP contribution in [0.25, 0.3) is 0 Å². The van der Waals surface area contributed by atoms with Crippen LogP contribution in [-0.2, 0) is 4.74 Å². The van der Waals surface area contributed by atoms with Gasteiger partial charge in [0.05, 0.1) is 18.9 Å². The zero-order valence-electron chi connectivity index (χ0n) is 10.4. The minimum absolute atomic E-state index is 0.0533. The van der Waals surface area contributed by atoms with Gasteiger partial charge in [-0.15, -0.1) is 11.6 Å². The van der Waals surface area contributed by atoms with Gasteiger partial charge in [0.2, 0.25) is 0 Å². The van der Waals surface area contributed by atoms with E-state index >= 15 is 0 Å². The van der Waals surface area contributed by atoms with Gasteiger partial charge in [-0.05, 0) is 32.0 Å². The van der Waals surface area contributed by atoms with Crippen LogP contribution in [0.15, 0.2) is 18.2 Å². The highest BCUT2D eigenvalue weighted by Gasteiger charge is 2.21. The maximum absolute atomic E-state index is 11.9. The summed E-state index contributed by atoms with van der Waals surface area (Å²) in [7, 11) is 1.51. The first-order valence-electron chi connectivity index (χ1n) is 5.37. The third-order valence-corrected chi connectivity index (χ3v) is 2.58. The Labute approximate surface area is 116 Å². The Hall–Kier alpha value is -1.13. The maximum atomic E-state index is 11.9. The number of anilines is 1. The van der Waals surface area contributed by atoms with E-state index in [4.69, 9.17) is 32.7 Å². The predicted molar refractivity (Wildman–Crippen MR) is 72.8 cm³/mol. The van der Waals surface area contributed by atoms with Gasteiger partial charge >= 0.3 is 6.09 Å². The largest absolute Gasteiger partial charge is 0.495 e. The minimum atomic E-state index is -0.541. The molecule has 0 aliphatic heterocycles. The van der Waals surface area contributed by atoms with Crippen molar-refractivity contribution in [2.24, 2.45) is 0 Å². The molecule has 0 atom stereocenters. The summed E-state index contributed by atoms with van der Waals surface area (Å²) in [4.78, 5) is 13.1. The molecular formula is C12H15Cl2NO3. The molecule has 0 heterocycles. The number of hydrogen-bond donors (Lipinski definition) is 0. The summed E-state index contributed by atoms with van der Waals surface area (Å²) in [6.07, 6.45) is -0.769. The van der Waals surface area contributed by atoms with Crippen molar-refractivity contribution in [3.8, 4) is 5.75 Å². The third-order valence-electron chi connectivity index (χ3n) is 2.11. The van der Waals surface area contributed by atoms with Crippen LogP contribution in [0, 0.1) is 0 Å². The summed E-state index contributed by atoms with van der Waals surface area (Å²) in [5.74, 6) is 0.501. The fraction of sp³-hybridized carbons (Fsp3) is 0.417. The Kier molecular flexibility index (Phi) is 5.56. The van der Waals surface area contributed by atoms with E-state index in [1.165, 1.54) is 12.0 Å². The third kappa shape index (κ3) is 3.68. The van der Waals surface area contributed by atoms with Gasteiger partial charge in [0, 0.05) is 5.02 Å². The number of ether oxygens (including phenoxy) is 2. The summed E-state index contributed by atoms with van der Waals surface area (Å²) in [5.41, 5.74) is 0.477. The molecule has 0 saturated carbocycles. The van der Waals surface area contributed by atoms with Gasteiger partial charge in [0.25, 0.3) is 0 Å². The second-order valence-corrected chi connectivity index (χ2v) is 4.47. The average molecular weight is 292 g/mol. The van der Waals surface area contributed by atoms with Crippen LogP contribution >= 0.6 is 23.2 Å². The summed E-state index contributed by atoms with van der Waals surface area (Å²) in [5, 5.41) is 0.485. The Morgan fingerprint density at radius 2 is 2.11 bits per heavy atom. The fourth-order valence-corrected chi connectivity index (χ4v) is 1.74. The van der Waals surface area contributed by atoms with Crippen LogP contribution in [0.4, 0.5) is 10.5 Å². The number of methoxy groups -OCH3 is 1. The number of amides is 1. The number of rotatable bonds is 4. The average Bonchev–Trinajstić information content (AvgIpc) is 2.29. The first-order chi connectivity index (χ1) is 8.49. The number of alkyl halides is 1. The molecule has 1 rings (SSSR count). The highest BCUT2D eigenvalue weighted by atomic mass is 35.5. The fourth-order valence-electron chi connectivity index (χ4n) is 1.35. The van der Waals surface area contributed by atoms with Crippen molar-refractivity contribution >= 4 is 35.0 Å². The van der Waals surface area contributed by atoms with Crippen molar-refractivity contribution in [3.05, 3.63) is 23.2 Å². The van der Waals surface area contributed by atoms with Gasteiger partial charge in [-0.2, -0.15) is 0 Å². The van der Waals surface area contributed by atoms with Crippen LogP contribution in [0.3, 0.4) is 0 Å². The van der Waals surface area contributed by atoms with Crippen molar-refractivity contribution in [1.82, 2.24) is 0 Å². The molecule has 1 aromatic carbocycles. The van der Waals surface area contributed by atoms with Crippen LogP contribution in [0.2, 0.25) is 5.02 Å². The zero-order chi connectivity index (χ0) is 13.7. The normalized spacial score (nSPS) is 10.3. The molecule has 18 heavy (non-hydrogen) atoms. The predicted octanol–water partition coefficient (Wildman–Crippen LogP) is 3.90. The molecule has 0 N–H and O–H groups in total. The summed E-state index contributed by atoms with van der Waals surface area (Å²) in [6.45, 7) is 3.53. The molecule has 0 radical (unpaired) electrons. The van der Waals surface area contributed by atoms with Gasteiger partial charge in [-0.3, -0.25) is 4.90 Å². The minimum Gasteiger partial charge on any atom is -0.495 e. The van der Waals surface area contributed by atoms with Gasteiger partial charge in [0.1, 0.15) is 11.8 Å². The second kappa shape index (κ2) is 6.71. The Bertz CT molecular complexity index is 424. The summed E-state index contributed by atoms with van der Waals surface area (Å²) >= 11 is 11.7. The van der Waals surface area contributed by atoms with E-state index in [9.17, 15) is 4.79 Å². The van der Waals surface area contributed by atoms with E-state index in [2.05, 4.69) is 0 Å². The molecule has 6 heteroatoms. The number of nitrogens with zero attached hydrogens (tertiary/aromatic N) is 1. The lowest BCUT2D eigenvalue weighted by molar-refractivity contribution is 0.123. The van der Waals surface area contributed by atoms with Crippen LogP contribution in [0.5, 0.6) is 5.75 Å². The van der Waals surface area contributed by atoms with Crippen molar-refractivity contribution in [2.45, 2.75) is 20.0 Å². The first kappa shape index (κ1) is 14.9. The van der Waals surface area contributed by atoms with Gasteiger partial charge in [-0.1, -0.05) is 11.6 Å². The van der Waals surface area contributed by atoms with Crippen molar-refractivity contribution in [2.75, 3.05) is 18.0 Å². The zero-order valence-corrected chi connectivity index (χ0v) is 12.0. The Morgan fingerprint density at radius 3 is 2.61 bits per heavy atom. The molecule has 1 amide bonds. The Balaban J connectivity index is 3.07. The Morgan fingerprint density at radius 1 is 1.44 bits per heavy atom. The number of carbonyl (C=O) groups excluding carboxylic acids is 1. The highest BCUT2D eigenvalue weighted by Crippen LogP contribution is 2.32. The van der Waals surface area contributed by atoms with E-state index in [1.54, 1.807) is 32.0 Å². The van der Waals surface area contributed by atoms with Gasteiger partial charge in [0.15, 0.2) is 0 Å². The molecule has 0 fully saturated rings. The van der Waals surface area contributed by atoms with E-state index in [1.807, 2.05) is 0 Å². The van der Waals surface area contributed by atoms with Gasteiger partial charge < -0.3 is 9.47 Å². The number of hydrogen-bond acceptors (Lipinski definition) is 3. The summed E-state index contributed by atoms with van der Waals surface area (Å²) in [6, 6.07) is 4.89. The van der Waals surface area contributed by atoms with Crippen LogP contribution in [0.1, 0.15) is 13.8 Å². The monoisotopic (exact) mass is 291 g/mol. The molecule has 0 aliphatic rings. The first-order valence-corrected chi connectivity index (χ1v) is 6.28. The molecule has 0 spiro atoms. The number of benzene rings is 1. The molecule has 0 aliphatic carbocycles. The lowest BCUT2D eigenvalue weighted by Gasteiger charge is -2.22. The number of carbonyl (C=O) groups is 1. The van der Waals surface area contributed by atoms with Crippen LogP contribution < -0.4 is 9.64 Å². The van der Waals surface area contributed by atoms with E-state index in [0.29, 0.717) is 16.5 Å². The van der Waals surface area contributed by atoms with Crippen LogP contribution in [-0.4, -0.2) is 25.3 Å². The quantitative estimate of drug-likeness (QED) is 0.624. The molecule has 0 bridgehead atoms. The standard InChI is InChI=1S/C12H15Cl2NO3/c1-8(2)18-12(16)15(7-13)10-6-9(14)4-5-11(10)17-3/h4-6,8H,7H2,1-3H3. The van der Waals surface area contributed by atoms with Crippen molar-refractivity contribution < 1.29 is 14.3 Å². The second-order valence-electron chi connectivity index (χ2n) is 3.80. The SMILES string of the molecule is COc1ccc(Cl)cc1N(CCl)C(=O)OC(C)C. The summed E-state index contributed by atoms with van der Waals surface area (Å²) < 4.78 is 10.3. The van der Waals surface area contributed by atoms with E-state index in [-0.39, 0.29) is 12.1 Å². The van der Waals surface area contributed by atoms with Crippen molar-refractivity contribution in [1.29, 1.82) is 0 Å². The van der Waals surface area contributed by atoms with Crippen molar-refractivity contribution in [3.63, 3.8) is 0 Å². The molecule has 0 aromatic heterocycles. The molecule has 0 unspecified atom stereocenters. The number of halogens is 2. The lowest BCUT2D eigenvalue weighted by Crippen LogP contribution is -2.32. The van der Waals surface area contributed by atoms with Gasteiger partial charge in [-0.25, -0.2) is 4.79 Å². The highest BCUT2D eigenvalue weighted by molar-refractivity contribution is 6.31. The maximum Gasteiger partial charge on any atom is 0.415 e.